The predicted molar refractivity (Wildman–Crippen MR) is 101 cm³/mol. The molecule has 0 fully saturated rings. The minimum absolute atomic E-state index is 0.0283. The first-order valence-corrected chi connectivity index (χ1v) is 9.85. The summed E-state index contributed by atoms with van der Waals surface area (Å²) in [4.78, 5) is 22.6. The lowest BCUT2D eigenvalue weighted by Gasteiger charge is -2.18. The zero-order chi connectivity index (χ0) is 20.0. The molecule has 144 valence electrons. The first kappa shape index (κ1) is 20.5. The van der Waals surface area contributed by atoms with Crippen molar-refractivity contribution in [1.82, 2.24) is 9.62 Å². The third kappa shape index (κ3) is 4.89. The minimum Gasteiger partial charge on any atom is -0.348 e. The smallest absolute Gasteiger partial charge is 0.269 e. The van der Waals surface area contributed by atoms with Gasteiger partial charge in [-0.2, -0.15) is 4.31 Å². The molecule has 2 rings (SSSR count). The van der Waals surface area contributed by atoms with Crippen LogP contribution in [0.3, 0.4) is 0 Å². The molecule has 0 unspecified atom stereocenters. The summed E-state index contributed by atoms with van der Waals surface area (Å²) < 4.78 is 26.5. The second-order valence-electron chi connectivity index (χ2n) is 5.72. The third-order valence-electron chi connectivity index (χ3n) is 4.04. The first-order chi connectivity index (χ1) is 12.8. The van der Waals surface area contributed by atoms with Crippen LogP contribution in [0.25, 0.3) is 0 Å². The summed E-state index contributed by atoms with van der Waals surface area (Å²) in [7, 11) is -3.65. The number of non-ortho nitro benzene ring substituents is 1. The lowest BCUT2D eigenvalue weighted by molar-refractivity contribution is -0.384. The van der Waals surface area contributed by atoms with E-state index >= 15 is 0 Å². The molecule has 0 heterocycles. The quantitative estimate of drug-likeness (QED) is 0.549. The molecular formula is C18H21N3O5S. The van der Waals surface area contributed by atoms with E-state index in [-0.39, 0.29) is 22.7 Å². The number of rotatable bonds is 8. The number of benzene rings is 2. The summed E-state index contributed by atoms with van der Waals surface area (Å²) in [6.07, 6.45) is 0. The van der Waals surface area contributed by atoms with E-state index in [2.05, 4.69) is 5.32 Å². The van der Waals surface area contributed by atoms with Gasteiger partial charge in [0.15, 0.2) is 0 Å². The number of nitro groups is 1. The summed E-state index contributed by atoms with van der Waals surface area (Å²) in [6.45, 7) is 4.36. The Balaban J connectivity index is 2.12. The maximum Gasteiger partial charge on any atom is 0.269 e. The zero-order valence-corrected chi connectivity index (χ0v) is 15.9. The van der Waals surface area contributed by atoms with E-state index in [0.717, 1.165) is 0 Å². The summed E-state index contributed by atoms with van der Waals surface area (Å²) in [5.74, 6) is -0.426. The highest BCUT2D eigenvalue weighted by atomic mass is 32.2. The van der Waals surface area contributed by atoms with Gasteiger partial charge in [-0.15, -0.1) is 0 Å². The highest BCUT2D eigenvalue weighted by Gasteiger charge is 2.22. The number of nitrogens with one attached hydrogen (secondary N) is 1. The average molecular weight is 391 g/mol. The van der Waals surface area contributed by atoms with Gasteiger partial charge in [-0.05, 0) is 23.8 Å². The molecule has 8 nitrogen and oxygen atoms in total. The maximum absolute atomic E-state index is 12.6. The number of carbonyl (C=O) groups excluding carboxylic acids is 1. The Morgan fingerprint density at radius 2 is 1.74 bits per heavy atom. The van der Waals surface area contributed by atoms with Crippen LogP contribution in [0.5, 0.6) is 0 Å². The molecule has 0 radical (unpaired) electrons. The molecular weight excluding hydrogens is 370 g/mol. The Morgan fingerprint density at radius 1 is 1.11 bits per heavy atom. The van der Waals surface area contributed by atoms with E-state index in [1.165, 1.54) is 40.7 Å². The number of hydrogen-bond donors (Lipinski definition) is 1. The number of amides is 1. The van der Waals surface area contributed by atoms with Gasteiger partial charge in [0.25, 0.3) is 11.6 Å². The molecule has 0 aromatic heterocycles. The van der Waals surface area contributed by atoms with Gasteiger partial charge in [0.2, 0.25) is 10.0 Å². The van der Waals surface area contributed by atoms with Crippen LogP contribution in [0.4, 0.5) is 5.69 Å². The Morgan fingerprint density at radius 3 is 2.30 bits per heavy atom. The Bertz CT molecular complexity index is 922. The van der Waals surface area contributed by atoms with Gasteiger partial charge >= 0.3 is 0 Å². The number of nitrogens with zero attached hydrogens (tertiary/aromatic N) is 2. The molecule has 27 heavy (non-hydrogen) atoms. The van der Waals surface area contributed by atoms with Crippen molar-refractivity contribution in [2.24, 2.45) is 0 Å². The average Bonchev–Trinajstić information content (AvgIpc) is 2.67. The van der Waals surface area contributed by atoms with Gasteiger partial charge in [-0.3, -0.25) is 14.9 Å². The molecule has 0 bridgehead atoms. The summed E-state index contributed by atoms with van der Waals surface area (Å²) in [5, 5.41) is 13.3. The van der Waals surface area contributed by atoms with Crippen LogP contribution in [0.15, 0.2) is 53.4 Å². The van der Waals surface area contributed by atoms with Crippen LogP contribution in [-0.2, 0) is 16.6 Å². The standard InChI is InChI=1S/C18H21N3O5S/c1-3-20(4-2)27(25,26)17-7-5-6-15(12-17)18(22)19-13-14-8-10-16(11-9-14)21(23)24/h5-12H,3-4,13H2,1-2H3,(H,19,22). The van der Waals surface area contributed by atoms with E-state index in [1.807, 2.05) is 0 Å². The van der Waals surface area contributed by atoms with Crippen molar-refractivity contribution in [2.45, 2.75) is 25.3 Å². The molecule has 2 aromatic carbocycles. The van der Waals surface area contributed by atoms with E-state index in [4.69, 9.17) is 0 Å². The van der Waals surface area contributed by atoms with Crippen molar-refractivity contribution in [2.75, 3.05) is 13.1 Å². The van der Waals surface area contributed by atoms with E-state index in [0.29, 0.717) is 18.7 Å². The lowest BCUT2D eigenvalue weighted by Crippen LogP contribution is -2.31. The Kier molecular flexibility index (Phi) is 6.65. The monoisotopic (exact) mass is 391 g/mol. The molecule has 0 atom stereocenters. The molecule has 0 aliphatic carbocycles. The second-order valence-corrected chi connectivity index (χ2v) is 7.66. The fraction of sp³-hybridized carbons (Fsp3) is 0.278. The lowest BCUT2D eigenvalue weighted by atomic mass is 10.2. The maximum atomic E-state index is 12.6. The molecule has 0 saturated heterocycles. The SMILES string of the molecule is CCN(CC)S(=O)(=O)c1cccc(C(=O)NCc2ccc([N+](=O)[O-])cc2)c1. The van der Waals surface area contributed by atoms with Crippen LogP contribution in [-0.4, -0.2) is 36.6 Å². The van der Waals surface area contributed by atoms with E-state index < -0.39 is 20.9 Å². The van der Waals surface area contributed by atoms with Gasteiger partial charge in [-0.1, -0.05) is 32.0 Å². The second kappa shape index (κ2) is 8.74. The van der Waals surface area contributed by atoms with Crippen molar-refractivity contribution < 1.29 is 18.1 Å². The topological polar surface area (TPSA) is 110 Å². The van der Waals surface area contributed by atoms with E-state index in [9.17, 15) is 23.3 Å². The number of nitro benzene ring substituents is 1. The van der Waals surface area contributed by atoms with Gasteiger partial charge in [0.05, 0.1) is 9.82 Å². The largest absolute Gasteiger partial charge is 0.348 e. The molecule has 1 amide bonds. The van der Waals surface area contributed by atoms with Crippen molar-refractivity contribution in [1.29, 1.82) is 0 Å². The highest BCUT2D eigenvalue weighted by Crippen LogP contribution is 2.17. The number of carbonyl (C=O) groups is 1. The van der Waals surface area contributed by atoms with Crippen LogP contribution in [0, 0.1) is 10.1 Å². The highest BCUT2D eigenvalue weighted by molar-refractivity contribution is 7.89. The van der Waals surface area contributed by atoms with Gasteiger partial charge in [0.1, 0.15) is 0 Å². The fourth-order valence-electron chi connectivity index (χ4n) is 2.53. The molecule has 0 saturated carbocycles. The fourth-order valence-corrected chi connectivity index (χ4v) is 4.03. The molecule has 0 aliphatic rings. The predicted octanol–water partition coefficient (Wildman–Crippen LogP) is 2.56. The molecule has 0 aliphatic heterocycles. The first-order valence-electron chi connectivity index (χ1n) is 8.41. The minimum atomic E-state index is -3.65. The van der Waals surface area contributed by atoms with Gasteiger partial charge in [0, 0.05) is 37.3 Å². The van der Waals surface area contributed by atoms with Gasteiger partial charge in [-0.25, -0.2) is 8.42 Å². The van der Waals surface area contributed by atoms with Crippen molar-refractivity contribution in [3.05, 3.63) is 69.8 Å². The van der Waals surface area contributed by atoms with E-state index in [1.54, 1.807) is 26.0 Å². The van der Waals surface area contributed by atoms with Crippen molar-refractivity contribution >= 4 is 21.6 Å². The van der Waals surface area contributed by atoms with Crippen molar-refractivity contribution in [3.8, 4) is 0 Å². The normalized spacial score (nSPS) is 11.4. The summed E-state index contributed by atoms with van der Waals surface area (Å²) >= 11 is 0. The Labute approximate surface area is 158 Å². The summed E-state index contributed by atoms with van der Waals surface area (Å²) in [6, 6.07) is 11.7. The van der Waals surface area contributed by atoms with Gasteiger partial charge < -0.3 is 5.32 Å². The molecule has 1 N–H and O–H groups in total. The number of hydrogen-bond acceptors (Lipinski definition) is 5. The van der Waals surface area contributed by atoms with Crippen molar-refractivity contribution in [3.63, 3.8) is 0 Å². The van der Waals surface area contributed by atoms with Crippen LogP contribution in [0.2, 0.25) is 0 Å². The summed E-state index contributed by atoms with van der Waals surface area (Å²) in [5.41, 5.74) is 0.894. The number of sulfonamides is 1. The Hall–Kier alpha value is -2.78. The van der Waals surface area contributed by atoms with Crippen LogP contribution >= 0.6 is 0 Å². The third-order valence-corrected chi connectivity index (χ3v) is 6.09. The molecule has 0 spiro atoms. The molecule has 9 heteroatoms. The van der Waals surface area contributed by atoms with Crippen LogP contribution in [0.1, 0.15) is 29.8 Å². The zero-order valence-electron chi connectivity index (χ0n) is 15.1. The van der Waals surface area contributed by atoms with Crippen LogP contribution < -0.4 is 5.32 Å². The molecule has 2 aromatic rings.